The Morgan fingerprint density at radius 2 is 1.89 bits per heavy atom. The molecule has 2 aromatic carbocycles. The van der Waals surface area contributed by atoms with E-state index in [1.54, 1.807) is 38.1 Å². The van der Waals surface area contributed by atoms with Gasteiger partial charge >= 0.3 is 5.97 Å². The first kappa shape index (κ1) is 19.6. The summed E-state index contributed by atoms with van der Waals surface area (Å²) in [4.78, 5) is 29.0. The molecule has 1 N–H and O–H groups in total. The molecule has 1 amide bonds. The first-order valence-electron chi connectivity index (χ1n) is 8.79. The highest BCUT2D eigenvalue weighted by molar-refractivity contribution is 7.17. The molecule has 6 nitrogen and oxygen atoms in total. The van der Waals surface area contributed by atoms with Crippen LogP contribution in [-0.2, 0) is 11.3 Å². The molecular formula is C21H20N2O4S. The highest BCUT2D eigenvalue weighted by Crippen LogP contribution is 2.24. The number of aryl methyl sites for hydroxylation is 1. The molecule has 3 aromatic rings. The summed E-state index contributed by atoms with van der Waals surface area (Å²) in [5.74, 6) is -0.164. The number of esters is 1. The number of amides is 1. The molecule has 7 heteroatoms. The maximum atomic E-state index is 12.5. The van der Waals surface area contributed by atoms with Crippen molar-refractivity contribution in [2.24, 2.45) is 0 Å². The minimum atomic E-state index is -0.436. The molecule has 144 valence electrons. The summed E-state index contributed by atoms with van der Waals surface area (Å²) in [6.45, 7) is 4.15. The molecule has 0 atom stereocenters. The second kappa shape index (κ2) is 9.14. The van der Waals surface area contributed by atoms with Crippen LogP contribution in [-0.4, -0.2) is 23.5 Å². The van der Waals surface area contributed by atoms with Gasteiger partial charge in [0.1, 0.15) is 17.2 Å². The zero-order valence-electron chi connectivity index (χ0n) is 15.6. The smallest absolute Gasteiger partial charge is 0.350 e. The number of carbonyl (C=O) groups is 2. The fourth-order valence-corrected chi connectivity index (χ4v) is 3.33. The van der Waals surface area contributed by atoms with E-state index in [2.05, 4.69) is 10.3 Å². The third-order valence-electron chi connectivity index (χ3n) is 3.82. The molecule has 0 aliphatic heterocycles. The number of rotatable bonds is 7. The van der Waals surface area contributed by atoms with Crippen LogP contribution in [0.4, 0.5) is 5.13 Å². The lowest BCUT2D eigenvalue weighted by Gasteiger charge is -2.08. The molecule has 0 unspecified atom stereocenters. The Morgan fingerprint density at radius 1 is 1.11 bits per heavy atom. The van der Waals surface area contributed by atoms with Gasteiger partial charge in [-0.25, -0.2) is 9.78 Å². The fraction of sp³-hybridized carbons (Fsp3) is 0.190. The Morgan fingerprint density at radius 3 is 2.64 bits per heavy atom. The summed E-state index contributed by atoms with van der Waals surface area (Å²) in [6, 6.07) is 16.7. The minimum absolute atomic E-state index is 0.285. The monoisotopic (exact) mass is 396 g/mol. The maximum absolute atomic E-state index is 12.5. The maximum Gasteiger partial charge on any atom is 0.350 e. The van der Waals surface area contributed by atoms with Crippen molar-refractivity contribution in [2.75, 3.05) is 11.9 Å². The van der Waals surface area contributed by atoms with Crippen molar-refractivity contribution in [3.63, 3.8) is 0 Å². The van der Waals surface area contributed by atoms with Gasteiger partial charge in [-0.2, -0.15) is 0 Å². The highest BCUT2D eigenvalue weighted by atomic mass is 32.1. The lowest BCUT2D eigenvalue weighted by Crippen LogP contribution is -2.11. The van der Waals surface area contributed by atoms with Gasteiger partial charge in [-0.05, 0) is 37.6 Å². The molecule has 0 fully saturated rings. The topological polar surface area (TPSA) is 77.5 Å². The number of carbonyl (C=O) groups excluding carboxylic acids is 2. The first-order chi connectivity index (χ1) is 13.6. The van der Waals surface area contributed by atoms with E-state index in [4.69, 9.17) is 9.47 Å². The van der Waals surface area contributed by atoms with Gasteiger partial charge in [0.25, 0.3) is 5.91 Å². The molecule has 0 saturated heterocycles. The predicted octanol–water partition coefficient (Wildman–Crippen LogP) is 4.46. The van der Waals surface area contributed by atoms with Crippen LogP contribution in [0.25, 0.3) is 0 Å². The van der Waals surface area contributed by atoms with Crippen LogP contribution in [0.1, 0.15) is 38.2 Å². The van der Waals surface area contributed by atoms with E-state index in [1.807, 2.05) is 30.3 Å². The predicted molar refractivity (Wildman–Crippen MR) is 108 cm³/mol. The summed E-state index contributed by atoms with van der Waals surface area (Å²) < 4.78 is 10.8. The Kier molecular flexibility index (Phi) is 6.39. The van der Waals surface area contributed by atoms with Crippen molar-refractivity contribution in [2.45, 2.75) is 20.5 Å². The van der Waals surface area contributed by atoms with Gasteiger partial charge in [-0.1, -0.05) is 47.7 Å². The number of hydrogen-bond acceptors (Lipinski definition) is 6. The number of ether oxygens (including phenoxy) is 2. The van der Waals surface area contributed by atoms with Crippen LogP contribution in [0.15, 0.2) is 54.6 Å². The summed E-state index contributed by atoms with van der Waals surface area (Å²) in [5, 5.41) is 3.07. The number of hydrogen-bond donors (Lipinski definition) is 1. The van der Waals surface area contributed by atoms with Crippen molar-refractivity contribution < 1.29 is 19.1 Å². The van der Waals surface area contributed by atoms with E-state index in [9.17, 15) is 9.59 Å². The fourth-order valence-electron chi connectivity index (χ4n) is 2.47. The quantitative estimate of drug-likeness (QED) is 0.597. The number of thiazole rings is 1. The molecule has 0 saturated carbocycles. The van der Waals surface area contributed by atoms with Gasteiger partial charge in [0, 0.05) is 5.56 Å². The van der Waals surface area contributed by atoms with Crippen molar-refractivity contribution in [3.05, 3.63) is 76.3 Å². The SMILES string of the molecule is CCOC(=O)c1sc(NC(=O)c2cccc(OCc3ccccc3)c2)nc1C. The van der Waals surface area contributed by atoms with E-state index < -0.39 is 5.97 Å². The zero-order valence-corrected chi connectivity index (χ0v) is 16.4. The highest BCUT2D eigenvalue weighted by Gasteiger charge is 2.18. The van der Waals surface area contributed by atoms with E-state index in [-0.39, 0.29) is 12.5 Å². The van der Waals surface area contributed by atoms with E-state index in [1.165, 1.54) is 0 Å². The average molecular weight is 396 g/mol. The molecule has 0 bridgehead atoms. The number of anilines is 1. The molecule has 1 heterocycles. The van der Waals surface area contributed by atoms with Crippen molar-refractivity contribution in [1.29, 1.82) is 0 Å². The summed E-state index contributed by atoms with van der Waals surface area (Å²) >= 11 is 1.09. The summed E-state index contributed by atoms with van der Waals surface area (Å²) in [7, 11) is 0. The Hall–Kier alpha value is -3.19. The van der Waals surface area contributed by atoms with Gasteiger partial charge in [-0.15, -0.1) is 0 Å². The molecule has 3 rings (SSSR count). The molecular weight excluding hydrogens is 376 g/mol. The largest absolute Gasteiger partial charge is 0.489 e. The summed E-state index contributed by atoms with van der Waals surface area (Å²) in [6.07, 6.45) is 0. The molecule has 0 aliphatic rings. The lowest BCUT2D eigenvalue weighted by molar-refractivity contribution is 0.0531. The van der Waals surface area contributed by atoms with Gasteiger partial charge in [-0.3, -0.25) is 10.1 Å². The number of benzene rings is 2. The molecule has 0 spiro atoms. The second-order valence-electron chi connectivity index (χ2n) is 5.91. The Bertz CT molecular complexity index is 970. The van der Waals surface area contributed by atoms with Crippen molar-refractivity contribution >= 4 is 28.3 Å². The molecule has 0 aliphatic carbocycles. The molecule has 28 heavy (non-hydrogen) atoms. The van der Waals surface area contributed by atoms with Gasteiger partial charge in [0.2, 0.25) is 0 Å². The third kappa shape index (κ3) is 4.95. The second-order valence-corrected chi connectivity index (χ2v) is 6.91. The number of aromatic nitrogens is 1. The van der Waals surface area contributed by atoms with Crippen LogP contribution in [0, 0.1) is 6.92 Å². The van der Waals surface area contributed by atoms with Crippen molar-refractivity contribution in [1.82, 2.24) is 4.98 Å². The van der Waals surface area contributed by atoms with Gasteiger partial charge < -0.3 is 9.47 Å². The van der Waals surface area contributed by atoms with Crippen LogP contribution in [0.2, 0.25) is 0 Å². The van der Waals surface area contributed by atoms with Crippen molar-refractivity contribution in [3.8, 4) is 5.75 Å². The molecule has 1 aromatic heterocycles. The third-order valence-corrected chi connectivity index (χ3v) is 4.88. The minimum Gasteiger partial charge on any atom is -0.489 e. The van der Waals surface area contributed by atoms with E-state index in [0.29, 0.717) is 33.6 Å². The Balaban J connectivity index is 1.66. The molecule has 0 radical (unpaired) electrons. The zero-order chi connectivity index (χ0) is 19.9. The van der Waals surface area contributed by atoms with Crippen LogP contribution in [0.5, 0.6) is 5.75 Å². The normalized spacial score (nSPS) is 10.4. The van der Waals surface area contributed by atoms with E-state index >= 15 is 0 Å². The van der Waals surface area contributed by atoms with E-state index in [0.717, 1.165) is 16.9 Å². The van der Waals surface area contributed by atoms with Crippen LogP contribution in [0.3, 0.4) is 0 Å². The number of nitrogens with one attached hydrogen (secondary N) is 1. The van der Waals surface area contributed by atoms with Gasteiger partial charge in [0.05, 0.1) is 12.3 Å². The lowest BCUT2D eigenvalue weighted by atomic mass is 10.2. The van der Waals surface area contributed by atoms with Crippen LogP contribution < -0.4 is 10.1 Å². The Labute approximate surface area is 167 Å². The average Bonchev–Trinajstić information content (AvgIpc) is 3.08. The van der Waals surface area contributed by atoms with Crippen LogP contribution >= 0.6 is 11.3 Å². The standard InChI is InChI=1S/C21H20N2O4S/c1-3-26-20(25)18-14(2)22-21(28-18)23-19(24)16-10-7-11-17(12-16)27-13-15-8-5-4-6-9-15/h4-12H,3,13H2,1-2H3,(H,22,23,24). The number of nitrogens with zero attached hydrogens (tertiary/aromatic N) is 1. The summed E-state index contributed by atoms with van der Waals surface area (Å²) in [5.41, 5.74) is 2.01. The van der Waals surface area contributed by atoms with Gasteiger partial charge in [0.15, 0.2) is 5.13 Å². The first-order valence-corrected chi connectivity index (χ1v) is 9.61.